The van der Waals surface area contributed by atoms with Gasteiger partial charge in [0, 0.05) is 6.54 Å². The number of amides is 1. The van der Waals surface area contributed by atoms with Gasteiger partial charge >= 0.3 is 5.97 Å². The van der Waals surface area contributed by atoms with Crippen LogP contribution in [-0.2, 0) is 33.9 Å². The van der Waals surface area contributed by atoms with Crippen molar-refractivity contribution in [2.24, 2.45) is 5.92 Å². The second kappa shape index (κ2) is 10.7. The van der Waals surface area contributed by atoms with Crippen LogP contribution in [0.5, 0.6) is 0 Å². The largest absolute Gasteiger partial charge is 0.456 e. The Labute approximate surface area is 182 Å². The summed E-state index contributed by atoms with van der Waals surface area (Å²) in [5.74, 6) is -0.350. The summed E-state index contributed by atoms with van der Waals surface area (Å²) >= 11 is 0. The minimum absolute atomic E-state index is 0.0298. The van der Waals surface area contributed by atoms with E-state index >= 15 is 0 Å². The van der Waals surface area contributed by atoms with Crippen LogP contribution in [0.2, 0.25) is 0 Å². The highest BCUT2D eigenvalue weighted by molar-refractivity contribution is 5.91. The van der Waals surface area contributed by atoms with Gasteiger partial charge in [0.25, 0.3) is 0 Å². The van der Waals surface area contributed by atoms with Gasteiger partial charge in [-0.1, -0.05) is 69.7 Å². The summed E-state index contributed by atoms with van der Waals surface area (Å²) in [4.78, 5) is 25.4. The lowest BCUT2D eigenvalue weighted by Crippen LogP contribution is -2.45. The van der Waals surface area contributed by atoms with Gasteiger partial charge in [-0.2, -0.15) is 0 Å². The van der Waals surface area contributed by atoms with Crippen molar-refractivity contribution in [3.63, 3.8) is 0 Å². The molecular formula is C23H29N5O3. The van der Waals surface area contributed by atoms with E-state index in [-0.39, 0.29) is 24.9 Å². The highest BCUT2D eigenvalue weighted by Crippen LogP contribution is 2.19. The molecule has 1 aromatic heterocycles. The summed E-state index contributed by atoms with van der Waals surface area (Å²) in [5, 5.41) is 16.5. The molecule has 3 rings (SSSR count). The molecular weight excluding hydrogens is 394 g/mol. The number of ether oxygens (including phenoxy) is 1. The van der Waals surface area contributed by atoms with Crippen LogP contribution in [0, 0.1) is 5.92 Å². The molecule has 1 N–H and O–H groups in total. The zero-order valence-corrected chi connectivity index (χ0v) is 18.2. The minimum Gasteiger partial charge on any atom is -0.456 e. The lowest BCUT2D eigenvalue weighted by molar-refractivity contribution is -0.150. The monoisotopic (exact) mass is 423 g/mol. The quantitative estimate of drug-likeness (QED) is 0.503. The predicted molar refractivity (Wildman–Crippen MR) is 117 cm³/mol. The molecule has 1 atom stereocenters. The summed E-state index contributed by atoms with van der Waals surface area (Å²) in [6.45, 7) is 6.47. The Balaban J connectivity index is 1.61. The van der Waals surface area contributed by atoms with Crippen LogP contribution in [0.15, 0.2) is 42.5 Å². The van der Waals surface area contributed by atoms with Gasteiger partial charge in [-0.3, -0.25) is 4.79 Å². The topological polar surface area (TPSA) is 99.0 Å². The van der Waals surface area contributed by atoms with Gasteiger partial charge in [0.15, 0.2) is 12.4 Å². The molecule has 8 nitrogen and oxygen atoms in total. The fourth-order valence-corrected chi connectivity index (χ4v) is 3.38. The molecule has 3 aromatic rings. The number of esters is 1. The Hall–Kier alpha value is -3.29. The summed E-state index contributed by atoms with van der Waals surface area (Å²) in [6.07, 6.45) is 2.13. The highest BCUT2D eigenvalue weighted by Gasteiger charge is 2.26. The number of tetrazole rings is 1. The molecule has 0 aliphatic rings. The number of nitrogens with one attached hydrogen (secondary N) is 1. The van der Waals surface area contributed by atoms with E-state index in [1.807, 2.05) is 56.3 Å². The number of nitrogens with zero attached hydrogens (tertiary/aromatic N) is 4. The first-order valence-corrected chi connectivity index (χ1v) is 10.7. The SMILES string of the molecule is CCCCn1nnnc1COC(=O)[C@@H](NC(=O)Cc1cccc2ccccc12)C(C)C. The number of benzene rings is 2. The molecule has 31 heavy (non-hydrogen) atoms. The number of aromatic nitrogens is 4. The van der Waals surface area contributed by atoms with E-state index in [0.717, 1.165) is 29.2 Å². The van der Waals surface area contributed by atoms with E-state index in [1.54, 1.807) is 4.68 Å². The number of aryl methyl sites for hydroxylation is 1. The van der Waals surface area contributed by atoms with Crippen LogP contribution in [0.25, 0.3) is 10.8 Å². The molecule has 0 aliphatic carbocycles. The molecule has 0 unspecified atom stereocenters. The predicted octanol–water partition coefficient (Wildman–Crippen LogP) is 3.05. The first kappa shape index (κ1) is 22.4. The maximum atomic E-state index is 12.7. The average molecular weight is 424 g/mol. The third-order valence-electron chi connectivity index (χ3n) is 5.14. The van der Waals surface area contributed by atoms with E-state index in [9.17, 15) is 9.59 Å². The molecule has 1 heterocycles. The molecule has 2 aromatic carbocycles. The number of hydrogen-bond acceptors (Lipinski definition) is 6. The van der Waals surface area contributed by atoms with Gasteiger partial charge in [-0.25, -0.2) is 9.48 Å². The van der Waals surface area contributed by atoms with Crippen LogP contribution >= 0.6 is 0 Å². The van der Waals surface area contributed by atoms with Crippen molar-refractivity contribution in [2.75, 3.05) is 0 Å². The van der Waals surface area contributed by atoms with E-state index in [2.05, 4.69) is 27.8 Å². The number of hydrogen-bond donors (Lipinski definition) is 1. The number of rotatable bonds is 10. The number of fused-ring (bicyclic) bond motifs is 1. The first-order chi connectivity index (χ1) is 15.0. The molecule has 0 saturated heterocycles. The van der Waals surface area contributed by atoms with Crippen molar-refractivity contribution in [1.82, 2.24) is 25.5 Å². The zero-order valence-electron chi connectivity index (χ0n) is 18.2. The fourth-order valence-electron chi connectivity index (χ4n) is 3.38. The molecule has 0 radical (unpaired) electrons. The van der Waals surface area contributed by atoms with Crippen LogP contribution in [-0.4, -0.2) is 38.1 Å². The Bertz CT molecular complexity index is 1030. The maximum absolute atomic E-state index is 12.7. The molecule has 0 bridgehead atoms. The van der Waals surface area contributed by atoms with Crippen molar-refractivity contribution >= 4 is 22.6 Å². The second-order valence-corrected chi connectivity index (χ2v) is 7.88. The van der Waals surface area contributed by atoms with Crippen molar-refractivity contribution < 1.29 is 14.3 Å². The molecule has 0 fully saturated rings. The third-order valence-corrected chi connectivity index (χ3v) is 5.14. The molecule has 164 valence electrons. The standard InChI is InChI=1S/C23H29N5O3/c1-4-5-13-28-20(25-26-27-28)15-31-23(30)22(16(2)3)24-21(29)14-18-11-8-10-17-9-6-7-12-19(17)18/h6-12,16,22H,4-5,13-15H2,1-3H3,(H,24,29)/t22-/m0/s1. The van der Waals surface area contributed by atoms with Crippen LogP contribution in [0.4, 0.5) is 0 Å². The molecule has 1 amide bonds. The van der Waals surface area contributed by atoms with Gasteiger partial charge in [0.05, 0.1) is 6.42 Å². The van der Waals surface area contributed by atoms with Crippen LogP contribution in [0.1, 0.15) is 45.0 Å². The summed E-state index contributed by atoms with van der Waals surface area (Å²) < 4.78 is 7.07. The van der Waals surface area contributed by atoms with Gasteiger partial charge in [-0.05, 0) is 39.1 Å². The van der Waals surface area contributed by atoms with E-state index in [0.29, 0.717) is 12.4 Å². The van der Waals surface area contributed by atoms with Gasteiger partial charge < -0.3 is 10.1 Å². The molecule has 0 aliphatic heterocycles. The van der Waals surface area contributed by atoms with Crippen molar-refractivity contribution in [3.8, 4) is 0 Å². The Kier molecular flexibility index (Phi) is 7.70. The highest BCUT2D eigenvalue weighted by atomic mass is 16.5. The summed E-state index contributed by atoms with van der Waals surface area (Å²) in [6, 6.07) is 13.1. The summed E-state index contributed by atoms with van der Waals surface area (Å²) in [7, 11) is 0. The molecule has 0 spiro atoms. The maximum Gasteiger partial charge on any atom is 0.329 e. The lowest BCUT2D eigenvalue weighted by atomic mass is 10.0. The van der Waals surface area contributed by atoms with Gasteiger partial charge in [0.2, 0.25) is 5.91 Å². The van der Waals surface area contributed by atoms with E-state index in [4.69, 9.17) is 4.74 Å². The van der Waals surface area contributed by atoms with E-state index < -0.39 is 12.0 Å². The summed E-state index contributed by atoms with van der Waals surface area (Å²) in [5.41, 5.74) is 0.918. The van der Waals surface area contributed by atoms with Crippen molar-refractivity contribution in [1.29, 1.82) is 0 Å². The van der Waals surface area contributed by atoms with Crippen molar-refractivity contribution in [2.45, 2.75) is 59.2 Å². The lowest BCUT2D eigenvalue weighted by Gasteiger charge is -2.21. The molecule has 8 heteroatoms. The second-order valence-electron chi connectivity index (χ2n) is 7.88. The smallest absolute Gasteiger partial charge is 0.329 e. The van der Waals surface area contributed by atoms with Gasteiger partial charge in [-0.15, -0.1) is 5.10 Å². The first-order valence-electron chi connectivity index (χ1n) is 10.7. The van der Waals surface area contributed by atoms with Crippen molar-refractivity contribution in [3.05, 3.63) is 53.9 Å². The third kappa shape index (κ3) is 5.87. The van der Waals surface area contributed by atoms with Gasteiger partial charge in [0.1, 0.15) is 6.04 Å². The normalized spacial score (nSPS) is 12.1. The number of carbonyl (C=O) groups is 2. The number of carbonyl (C=O) groups excluding carboxylic acids is 2. The number of unbranched alkanes of at least 4 members (excludes halogenated alkanes) is 1. The average Bonchev–Trinajstić information content (AvgIpc) is 3.21. The minimum atomic E-state index is -0.748. The Morgan fingerprint density at radius 3 is 2.68 bits per heavy atom. The van der Waals surface area contributed by atoms with Crippen LogP contribution < -0.4 is 5.32 Å². The molecule has 0 saturated carbocycles. The van der Waals surface area contributed by atoms with E-state index in [1.165, 1.54) is 0 Å². The Morgan fingerprint density at radius 1 is 1.13 bits per heavy atom. The Morgan fingerprint density at radius 2 is 1.90 bits per heavy atom. The fraction of sp³-hybridized carbons (Fsp3) is 0.435. The van der Waals surface area contributed by atoms with Crippen LogP contribution in [0.3, 0.4) is 0 Å². The zero-order chi connectivity index (χ0) is 22.2.